The van der Waals surface area contributed by atoms with E-state index in [4.69, 9.17) is 5.73 Å². The SMILES string of the molecule is NCCc1cnnn1Cc1cccc(F)c1. The molecule has 0 amide bonds. The van der Waals surface area contributed by atoms with E-state index in [1.54, 1.807) is 16.9 Å². The van der Waals surface area contributed by atoms with Crippen molar-refractivity contribution in [3.05, 3.63) is 47.5 Å². The van der Waals surface area contributed by atoms with Gasteiger partial charge >= 0.3 is 0 Å². The van der Waals surface area contributed by atoms with Crippen molar-refractivity contribution in [2.24, 2.45) is 5.73 Å². The third-order valence-electron chi connectivity index (χ3n) is 2.32. The second kappa shape index (κ2) is 4.85. The van der Waals surface area contributed by atoms with Crippen LogP contribution in [-0.4, -0.2) is 21.5 Å². The summed E-state index contributed by atoms with van der Waals surface area (Å²) in [4.78, 5) is 0. The molecule has 5 heteroatoms. The highest BCUT2D eigenvalue weighted by molar-refractivity contribution is 5.17. The van der Waals surface area contributed by atoms with E-state index in [2.05, 4.69) is 10.3 Å². The van der Waals surface area contributed by atoms with Crippen LogP contribution in [0.3, 0.4) is 0 Å². The number of hydrogen-bond donors (Lipinski definition) is 1. The third kappa shape index (κ3) is 2.43. The first-order valence-corrected chi connectivity index (χ1v) is 5.11. The fourth-order valence-electron chi connectivity index (χ4n) is 1.56. The Balaban J connectivity index is 2.17. The van der Waals surface area contributed by atoms with E-state index in [1.165, 1.54) is 12.1 Å². The Morgan fingerprint density at radius 2 is 2.25 bits per heavy atom. The van der Waals surface area contributed by atoms with Crippen LogP contribution < -0.4 is 5.73 Å². The zero-order valence-corrected chi connectivity index (χ0v) is 8.81. The van der Waals surface area contributed by atoms with Gasteiger partial charge in [-0.2, -0.15) is 0 Å². The Hall–Kier alpha value is -1.75. The maximum atomic E-state index is 13.0. The van der Waals surface area contributed by atoms with Crippen LogP contribution in [0.5, 0.6) is 0 Å². The fraction of sp³-hybridized carbons (Fsp3) is 0.273. The van der Waals surface area contributed by atoms with Gasteiger partial charge in [-0.25, -0.2) is 9.07 Å². The van der Waals surface area contributed by atoms with E-state index in [1.807, 2.05) is 6.07 Å². The number of aromatic nitrogens is 3. The number of hydrogen-bond acceptors (Lipinski definition) is 3. The number of rotatable bonds is 4. The summed E-state index contributed by atoms with van der Waals surface area (Å²) in [6.07, 6.45) is 2.41. The Morgan fingerprint density at radius 1 is 1.38 bits per heavy atom. The van der Waals surface area contributed by atoms with Gasteiger partial charge in [-0.05, 0) is 24.2 Å². The molecule has 16 heavy (non-hydrogen) atoms. The zero-order valence-electron chi connectivity index (χ0n) is 8.81. The molecule has 1 aromatic carbocycles. The smallest absolute Gasteiger partial charge is 0.123 e. The van der Waals surface area contributed by atoms with Gasteiger partial charge in [0.15, 0.2) is 0 Å². The Labute approximate surface area is 92.9 Å². The van der Waals surface area contributed by atoms with Crippen molar-refractivity contribution in [3.63, 3.8) is 0 Å². The first-order chi connectivity index (χ1) is 7.79. The summed E-state index contributed by atoms with van der Waals surface area (Å²) in [7, 11) is 0. The minimum atomic E-state index is -0.238. The first-order valence-electron chi connectivity index (χ1n) is 5.11. The molecule has 0 atom stereocenters. The highest BCUT2D eigenvalue weighted by Crippen LogP contribution is 2.07. The molecule has 4 nitrogen and oxygen atoms in total. The molecule has 2 rings (SSSR count). The summed E-state index contributed by atoms with van der Waals surface area (Å²) in [5.41, 5.74) is 7.31. The summed E-state index contributed by atoms with van der Waals surface area (Å²) in [6, 6.07) is 6.46. The molecule has 2 N–H and O–H groups in total. The van der Waals surface area contributed by atoms with Gasteiger partial charge in [0.1, 0.15) is 5.82 Å². The molecule has 0 bridgehead atoms. The van der Waals surface area contributed by atoms with E-state index in [9.17, 15) is 4.39 Å². The molecule has 0 radical (unpaired) electrons. The molecule has 0 aliphatic carbocycles. The molecule has 0 spiro atoms. The maximum absolute atomic E-state index is 13.0. The van der Waals surface area contributed by atoms with Crippen LogP contribution in [-0.2, 0) is 13.0 Å². The third-order valence-corrected chi connectivity index (χ3v) is 2.32. The maximum Gasteiger partial charge on any atom is 0.123 e. The van der Waals surface area contributed by atoms with Crippen LogP contribution in [0.4, 0.5) is 4.39 Å². The lowest BCUT2D eigenvalue weighted by atomic mass is 10.2. The van der Waals surface area contributed by atoms with Crippen molar-refractivity contribution in [2.45, 2.75) is 13.0 Å². The standard InChI is InChI=1S/C11H13FN4/c12-10-3-1-2-9(6-10)8-16-11(4-5-13)7-14-15-16/h1-3,6-7H,4-5,8,13H2. The molecule has 84 valence electrons. The van der Waals surface area contributed by atoms with Crippen LogP contribution >= 0.6 is 0 Å². The number of halogens is 1. The van der Waals surface area contributed by atoms with E-state index >= 15 is 0 Å². The molecular formula is C11H13FN4. The van der Waals surface area contributed by atoms with Gasteiger partial charge in [0.2, 0.25) is 0 Å². The predicted molar refractivity (Wildman–Crippen MR) is 58.3 cm³/mol. The van der Waals surface area contributed by atoms with E-state index in [0.29, 0.717) is 13.1 Å². The lowest BCUT2D eigenvalue weighted by Gasteiger charge is -2.05. The molecule has 1 aromatic heterocycles. The number of nitrogens with zero attached hydrogens (tertiary/aromatic N) is 3. The lowest BCUT2D eigenvalue weighted by Crippen LogP contribution is -2.11. The normalized spacial score (nSPS) is 10.6. The Bertz CT molecular complexity index is 467. The highest BCUT2D eigenvalue weighted by Gasteiger charge is 2.04. The van der Waals surface area contributed by atoms with Crippen LogP contribution in [0.1, 0.15) is 11.3 Å². The molecule has 0 unspecified atom stereocenters. The average Bonchev–Trinajstić information content (AvgIpc) is 2.66. The molecule has 1 heterocycles. The van der Waals surface area contributed by atoms with Crippen molar-refractivity contribution in [3.8, 4) is 0 Å². The molecule has 0 aliphatic heterocycles. The molecular weight excluding hydrogens is 207 g/mol. The quantitative estimate of drug-likeness (QED) is 0.835. The molecule has 0 saturated carbocycles. The van der Waals surface area contributed by atoms with Crippen LogP contribution in [0.2, 0.25) is 0 Å². The van der Waals surface area contributed by atoms with Crippen LogP contribution in [0.15, 0.2) is 30.5 Å². The Morgan fingerprint density at radius 3 is 3.00 bits per heavy atom. The van der Waals surface area contributed by atoms with Crippen molar-refractivity contribution < 1.29 is 4.39 Å². The van der Waals surface area contributed by atoms with Gasteiger partial charge in [0.25, 0.3) is 0 Å². The van der Waals surface area contributed by atoms with Crippen molar-refractivity contribution in [1.82, 2.24) is 15.0 Å². The zero-order chi connectivity index (χ0) is 11.4. The van der Waals surface area contributed by atoms with Crippen molar-refractivity contribution >= 4 is 0 Å². The molecule has 0 aliphatic rings. The topological polar surface area (TPSA) is 56.7 Å². The summed E-state index contributed by atoms with van der Waals surface area (Å²) in [5.74, 6) is -0.238. The average molecular weight is 220 g/mol. The van der Waals surface area contributed by atoms with Gasteiger partial charge in [-0.1, -0.05) is 17.3 Å². The Kier molecular flexibility index (Phi) is 3.26. The minimum absolute atomic E-state index is 0.238. The summed E-state index contributed by atoms with van der Waals surface area (Å²) in [6.45, 7) is 1.07. The van der Waals surface area contributed by atoms with E-state index in [-0.39, 0.29) is 5.82 Å². The predicted octanol–water partition coefficient (Wildman–Crippen LogP) is 0.967. The van der Waals surface area contributed by atoms with Gasteiger partial charge < -0.3 is 5.73 Å². The number of nitrogens with two attached hydrogens (primary N) is 1. The highest BCUT2D eigenvalue weighted by atomic mass is 19.1. The number of benzene rings is 1. The van der Waals surface area contributed by atoms with Gasteiger partial charge in [-0.3, -0.25) is 0 Å². The summed E-state index contributed by atoms with van der Waals surface area (Å²) < 4.78 is 14.7. The largest absolute Gasteiger partial charge is 0.330 e. The first kappa shape index (κ1) is 10.8. The van der Waals surface area contributed by atoms with Gasteiger partial charge in [0, 0.05) is 6.42 Å². The molecule has 2 aromatic rings. The minimum Gasteiger partial charge on any atom is -0.330 e. The lowest BCUT2D eigenvalue weighted by molar-refractivity contribution is 0.601. The monoisotopic (exact) mass is 220 g/mol. The molecule has 0 fully saturated rings. The van der Waals surface area contributed by atoms with Gasteiger partial charge in [-0.15, -0.1) is 5.10 Å². The fourth-order valence-corrected chi connectivity index (χ4v) is 1.56. The van der Waals surface area contributed by atoms with E-state index < -0.39 is 0 Å². The van der Waals surface area contributed by atoms with Crippen LogP contribution in [0.25, 0.3) is 0 Å². The van der Waals surface area contributed by atoms with Crippen LogP contribution in [0, 0.1) is 5.82 Å². The molecule has 0 saturated heterocycles. The van der Waals surface area contributed by atoms with Crippen molar-refractivity contribution in [1.29, 1.82) is 0 Å². The summed E-state index contributed by atoms with van der Waals surface area (Å²) in [5, 5.41) is 7.77. The second-order valence-electron chi connectivity index (χ2n) is 3.55. The summed E-state index contributed by atoms with van der Waals surface area (Å²) >= 11 is 0. The second-order valence-corrected chi connectivity index (χ2v) is 3.55. The van der Waals surface area contributed by atoms with Gasteiger partial charge in [0.05, 0.1) is 18.4 Å². The van der Waals surface area contributed by atoms with Crippen molar-refractivity contribution in [2.75, 3.05) is 6.54 Å². The van der Waals surface area contributed by atoms with E-state index in [0.717, 1.165) is 17.7 Å².